The predicted octanol–water partition coefficient (Wildman–Crippen LogP) is 3.25. The van der Waals surface area contributed by atoms with E-state index in [4.69, 9.17) is 11.6 Å². The van der Waals surface area contributed by atoms with E-state index < -0.39 is 0 Å². The van der Waals surface area contributed by atoms with Gasteiger partial charge in [-0.3, -0.25) is 9.79 Å². The van der Waals surface area contributed by atoms with Gasteiger partial charge in [-0.25, -0.2) is 4.98 Å². The third-order valence-electron chi connectivity index (χ3n) is 3.42. The molecular formula is C18H25ClIN5OS. The Morgan fingerprint density at radius 3 is 2.52 bits per heavy atom. The molecule has 1 heterocycles. The fraction of sp³-hybridized carbons (Fsp3) is 0.389. The summed E-state index contributed by atoms with van der Waals surface area (Å²) < 4.78 is 0. The Balaban J connectivity index is 0.00000364. The Hall–Kier alpha value is -1.39. The molecule has 0 saturated carbocycles. The highest BCUT2D eigenvalue weighted by Gasteiger charge is 2.04. The van der Waals surface area contributed by atoms with Crippen LogP contribution in [-0.4, -0.2) is 43.0 Å². The van der Waals surface area contributed by atoms with Crippen LogP contribution in [0.1, 0.15) is 27.2 Å². The molecule has 0 aliphatic carbocycles. The van der Waals surface area contributed by atoms with Crippen LogP contribution in [-0.2, 0) is 6.42 Å². The van der Waals surface area contributed by atoms with Crippen molar-refractivity contribution in [3.63, 3.8) is 0 Å². The molecule has 148 valence electrons. The van der Waals surface area contributed by atoms with Crippen molar-refractivity contribution >= 4 is 58.8 Å². The van der Waals surface area contributed by atoms with Crippen LogP contribution in [0.4, 0.5) is 0 Å². The van der Waals surface area contributed by atoms with Crippen molar-refractivity contribution < 1.29 is 4.79 Å². The molecule has 3 N–H and O–H groups in total. The van der Waals surface area contributed by atoms with Crippen LogP contribution in [0.2, 0.25) is 5.02 Å². The maximum atomic E-state index is 12.0. The SMILES string of the molecule is CCNC(=NCCc1ncc(C)s1)NCCNC(=O)c1ccc(Cl)cc1.I. The topological polar surface area (TPSA) is 78.4 Å². The number of rotatable bonds is 8. The molecule has 0 bridgehead atoms. The van der Waals surface area contributed by atoms with Gasteiger partial charge in [-0.15, -0.1) is 35.3 Å². The van der Waals surface area contributed by atoms with Gasteiger partial charge in [0.05, 0.1) is 5.01 Å². The molecule has 27 heavy (non-hydrogen) atoms. The van der Waals surface area contributed by atoms with Gasteiger partial charge in [0.1, 0.15) is 0 Å². The number of hydrogen-bond donors (Lipinski definition) is 3. The second-order valence-electron chi connectivity index (χ2n) is 5.56. The molecule has 1 amide bonds. The summed E-state index contributed by atoms with van der Waals surface area (Å²) in [5, 5.41) is 11.0. The van der Waals surface area contributed by atoms with Crippen LogP contribution in [0.5, 0.6) is 0 Å². The van der Waals surface area contributed by atoms with Gasteiger partial charge < -0.3 is 16.0 Å². The largest absolute Gasteiger partial charge is 0.357 e. The van der Waals surface area contributed by atoms with Gasteiger partial charge in [0.2, 0.25) is 0 Å². The fourth-order valence-corrected chi connectivity index (χ4v) is 3.08. The highest BCUT2D eigenvalue weighted by Crippen LogP contribution is 2.11. The Labute approximate surface area is 186 Å². The summed E-state index contributed by atoms with van der Waals surface area (Å²) in [6, 6.07) is 6.82. The number of halogens is 2. The summed E-state index contributed by atoms with van der Waals surface area (Å²) in [4.78, 5) is 22.1. The number of nitrogens with one attached hydrogen (secondary N) is 3. The van der Waals surface area contributed by atoms with Gasteiger partial charge in [-0.2, -0.15) is 0 Å². The summed E-state index contributed by atoms with van der Waals surface area (Å²) >= 11 is 7.52. The summed E-state index contributed by atoms with van der Waals surface area (Å²) in [5.41, 5.74) is 0.591. The van der Waals surface area contributed by atoms with E-state index in [9.17, 15) is 4.79 Å². The number of carbonyl (C=O) groups is 1. The van der Waals surface area contributed by atoms with E-state index in [2.05, 4.69) is 25.9 Å². The number of aromatic nitrogens is 1. The van der Waals surface area contributed by atoms with Crippen molar-refractivity contribution in [2.75, 3.05) is 26.2 Å². The summed E-state index contributed by atoms with van der Waals surface area (Å²) in [5.74, 6) is 0.617. The Bertz CT molecular complexity index is 736. The van der Waals surface area contributed by atoms with Crippen molar-refractivity contribution in [1.29, 1.82) is 0 Å². The van der Waals surface area contributed by atoms with Crippen molar-refractivity contribution in [2.45, 2.75) is 20.3 Å². The lowest BCUT2D eigenvalue weighted by molar-refractivity contribution is 0.0954. The molecule has 0 aliphatic heterocycles. The normalized spacial score (nSPS) is 10.9. The zero-order valence-corrected chi connectivity index (χ0v) is 19.3. The van der Waals surface area contributed by atoms with Crippen molar-refractivity contribution in [3.8, 4) is 0 Å². The first-order valence-electron chi connectivity index (χ1n) is 8.55. The standard InChI is InChI=1S/C18H24ClN5OS.HI/c1-3-20-18(22-9-8-16-24-12-13(2)26-16)23-11-10-21-17(25)14-4-6-15(19)7-5-14;/h4-7,12H,3,8-11H2,1-2H3,(H,21,25)(H2,20,22,23);1H. The molecular weight excluding hydrogens is 497 g/mol. The van der Waals surface area contributed by atoms with Gasteiger partial charge in [0.25, 0.3) is 5.91 Å². The fourth-order valence-electron chi connectivity index (χ4n) is 2.18. The van der Waals surface area contributed by atoms with E-state index >= 15 is 0 Å². The van der Waals surface area contributed by atoms with Crippen LogP contribution in [0, 0.1) is 6.92 Å². The van der Waals surface area contributed by atoms with Gasteiger partial charge in [-0.1, -0.05) is 11.6 Å². The average molecular weight is 522 g/mol. The minimum Gasteiger partial charge on any atom is -0.357 e. The smallest absolute Gasteiger partial charge is 0.251 e. The van der Waals surface area contributed by atoms with E-state index in [1.807, 2.05) is 20.0 Å². The average Bonchev–Trinajstić information content (AvgIpc) is 3.04. The molecule has 1 aromatic carbocycles. The number of amides is 1. The number of aliphatic imine (C=N–C) groups is 1. The highest BCUT2D eigenvalue weighted by molar-refractivity contribution is 14.0. The number of aryl methyl sites for hydroxylation is 1. The molecule has 0 saturated heterocycles. The molecule has 2 aromatic rings. The van der Waals surface area contributed by atoms with Crippen molar-refractivity contribution in [1.82, 2.24) is 20.9 Å². The van der Waals surface area contributed by atoms with Crippen LogP contribution >= 0.6 is 46.9 Å². The first-order valence-corrected chi connectivity index (χ1v) is 9.75. The van der Waals surface area contributed by atoms with E-state index in [0.29, 0.717) is 30.2 Å². The number of nitrogens with zero attached hydrogens (tertiary/aromatic N) is 2. The summed E-state index contributed by atoms with van der Waals surface area (Å²) in [7, 11) is 0. The molecule has 0 fully saturated rings. The van der Waals surface area contributed by atoms with Crippen LogP contribution in [0.25, 0.3) is 0 Å². The lowest BCUT2D eigenvalue weighted by Crippen LogP contribution is -2.41. The van der Waals surface area contributed by atoms with E-state index in [1.165, 1.54) is 4.88 Å². The second-order valence-corrected chi connectivity index (χ2v) is 7.32. The molecule has 0 radical (unpaired) electrons. The van der Waals surface area contributed by atoms with Crippen LogP contribution in [0.15, 0.2) is 35.5 Å². The zero-order chi connectivity index (χ0) is 18.8. The lowest BCUT2D eigenvalue weighted by Gasteiger charge is -2.11. The van der Waals surface area contributed by atoms with Crippen LogP contribution in [0.3, 0.4) is 0 Å². The monoisotopic (exact) mass is 521 g/mol. The quantitative estimate of drug-likeness (QED) is 0.216. The zero-order valence-electron chi connectivity index (χ0n) is 15.4. The minimum atomic E-state index is -0.121. The molecule has 0 unspecified atom stereocenters. The number of thiazole rings is 1. The number of carbonyl (C=O) groups excluding carboxylic acids is 1. The van der Waals surface area contributed by atoms with Crippen molar-refractivity contribution in [3.05, 3.63) is 50.9 Å². The number of guanidine groups is 1. The maximum absolute atomic E-state index is 12.0. The highest BCUT2D eigenvalue weighted by atomic mass is 127. The minimum absolute atomic E-state index is 0. The lowest BCUT2D eigenvalue weighted by atomic mass is 10.2. The van der Waals surface area contributed by atoms with Gasteiger partial charge in [0, 0.05) is 54.3 Å². The molecule has 9 heteroatoms. The van der Waals surface area contributed by atoms with Gasteiger partial charge in [-0.05, 0) is 38.1 Å². The molecule has 2 rings (SSSR count). The molecule has 0 aliphatic rings. The van der Waals surface area contributed by atoms with Gasteiger partial charge in [0.15, 0.2) is 5.96 Å². The first kappa shape index (κ1) is 23.6. The Morgan fingerprint density at radius 2 is 1.89 bits per heavy atom. The Morgan fingerprint density at radius 1 is 1.19 bits per heavy atom. The van der Waals surface area contributed by atoms with E-state index in [-0.39, 0.29) is 29.9 Å². The van der Waals surface area contributed by atoms with Crippen molar-refractivity contribution in [2.24, 2.45) is 4.99 Å². The summed E-state index contributed by atoms with van der Waals surface area (Å²) in [6.07, 6.45) is 2.71. The molecule has 6 nitrogen and oxygen atoms in total. The first-order chi connectivity index (χ1) is 12.6. The number of benzene rings is 1. The molecule has 0 atom stereocenters. The Kier molecular flexibility index (Phi) is 11.3. The van der Waals surface area contributed by atoms with E-state index in [0.717, 1.165) is 23.9 Å². The van der Waals surface area contributed by atoms with E-state index in [1.54, 1.807) is 35.6 Å². The van der Waals surface area contributed by atoms with Gasteiger partial charge >= 0.3 is 0 Å². The second kappa shape index (κ2) is 12.9. The van der Waals surface area contributed by atoms with Crippen LogP contribution < -0.4 is 16.0 Å². The third kappa shape index (κ3) is 8.89. The maximum Gasteiger partial charge on any atom is 0.251 e. The number of hydrogen-bond acceptors (Lipinski definition) is 4. The molecule has 0 spiro atoms. The summed E-state index contributed by atoms with van der Waals surface area (Å²) in [6.45, 7) is 6.59. The third-order valence-corrected chi connectivity index (χ3v) is 4.64. The molecule has 1 aromatic heterocycles. The predicted molar refractivity (Wildman–Crippen MR) is 124 cm³/mol.